The normalized spacial score (nSPS) is 18.8. The zero-order valence-electron chi connectivity index (χ0n) is 27.1. The Bertz CT molecular complexity index is 1780. The van der Waals surface area contributed by atoms with Crippen molar-refractivity contribution >= 4 is 52.6 Å². The minimum absolute atomic E-state index is 0.149. The smallest absolute Gasteiger partial charge is 0.414 e. The molecule has 12 heteroatoms. The number of hydrogen-bond acceptors (Lipinski definition) is 8. The van der Waals surface area contributed by atoms with Gasteiger partial charge in [-0.1, -0.05) is 59.1 Å². The van der Waals surface area contributed by atoms with Crippen molar-refractivity contribution in [3.8, 4) is 11.5 Å². The van der Waals surface area contributed by atoms with Gasteiger partial charge in [0.15, 0.2) is 11.5 Å². The van der Waals surface area contributed by atoms with E-state index in [2.05, 4.69) is 9.88 Å². The van der Waals surface area contributed by atoms with Gasteiger partial charge in [-0.25, -0.2) is 9.59 Å². The highest BCUT2D eigenvalue weighted by Crippen LogP contribution is 2.36. The summed E-state index contributed by atoms with van der Waals surface area (Å²) in [4.78, 5) is 35.2. The van der Waals surface area contributed by atoms with Crippen molar-refractivity contribution in [2.45, 2.75) is 38.0 Å². The molecule has 0 N–H and O–H groups in total. The first-order chi connectivity index (χ1) is 23.7. The molecule has 0 unspecified atom stereocenters. The lowest BCUT2D eigenvalue weighted by Gasteiger charge is -2.44. The van der Waals surface area contributed by atoms with Gasteiger partial charge in [0.1, 0.15) is 12.2 Å². The van der Waals surface area contributed by atoms with E-state index in [1.807, 2.05) is 6.07 Å². The molecule has 3 aliphatic heterocycles. The van der Waals surface area contributed by atoms with Crippen LogP contribution in [0.1, 0.15) is 46.0 Å². The first kappa shape index (κ1) is 34.8. The fraction of sp³-hybridized carbons (Fsp3) is 0.324. The molecule has 3 saturated heterocycles. The number of hydrogen-bond donors (Lipinski definition) is 0. The number of amides is 1. The summed E-state index contributed by atoms with van der Waals surface area (Å²) in [5, 5.41) is 1.22. The molecule has 4 aromatic rings. The molecule has 256 valence electrons. The second-order valence-corrected chi connectivity index (χ2v) is 13.4. The number of esters is 1. The van der Waals surface area contributed by atoms with E-state index in [9.17, 15) is 9.59 Å². The van der Waals surface area contributed by atoms with Crippen molar-refractivity contribution in [1.29, 1.82) is 0 Å². The van der Waals surface area contributed by atoms with E-state index in [1.165, 1.54) is 19.5 Å². The van der Waals surface area contributed by atoms with E-state index in [0.717, 1.165) is 38.0 Å². The zero-order chi connectivity index (χ0) is 34.5. The summed E-state index contributed by atoms with van der Waals surface area (Å²) in [6, 6.07) is 19.3. The van der Waals surface area contributed by atoms with E-state index < -0.39 is 18.2 Å². The van der Waals surface area contributed by atoms with Crippen molar-refractivity contribution in [2.75, 3.05) is 38.8 Å². The molecule has 0 spiro atoms. The lowest BCUT2D eigenvalue weighted by atomic mass is 9.86. The van der Waals surface area contributed by atoms with Gasteiger partial charge in [-0.3, -0.25) is 14.8 Å². The highest BCUT2D eigenvalue weighted by molar-refractivity contribution is 6.35. The maximum absolute atomic E-state index is 13.6. The van der Waals surface area contributed by atoms with Crippen molar-refractivity contribution in [3.63, 3.8) is 0 Å². The molecule has 1 amide bonds. The van der Waals surface area contributed by atoms with Crippen LogP contribution in [0.2, 0.25) is 15.1 Å². The van der Waals surface area contributed by atoms with E-state index >= 15 is 0 Å². The Labute approximate surface area is 300 Å². The fourth-order valence-electron chi connectivity index (χ4n) is 6.37. The number of anilines is 1. The van der Waals surface area contributed by atoms with Crippen LogP contribution < -0.4 is 14.4 Å². The molecule has 49 heavy (non-hydrogen) atoms. The van der Waals surface area contributed by atoms with Crippen LogP contribution in [0.4, 0.5) is 10.5 Å². The zero-order valence-corrected chi connectivity index (χ0v) is 29.4. The average molecular weight is 725 g/mol. The van der Waals surface area contributed by atoms with Crippen molar-refractivity contribution in [2.24, 2.45) is 5.92 Å². The van der Waals surface area contributed by atoms with Crippen LogP contribution in [-0.2, 0) is 22.4 Å². The number of methoxy groups -OCH3 is 2. The largest absolute Gasteiger partial charge is 0.493 e. The molecule has 3 fully saturated rings. The molecule has 0 saturated carbocycles. The summed E-state index contributed by atoms with van der Waals surface area (Å²) in [5.74, 6) is 0.829. The molecule has 2 bridgehead atoms. The number of benzene rings is 3. The van der Waals surface area contributed by atoms with Gasteiger partial charge in [-0.05, 0) is 91.0 Å². The summed E-state index contributed by atoms with van der Waals surface area (Å²) in [6.45, 7) is 3.06. The van der Waals surface area contributed by atoms with Crippen molar-refractivity contribution in [1.82, 2.24) is 9.88 Å². The Kier molecular flexibility index (Phi) is 11.1. The molecule has 0 aliphatic carbocycles. The van der Waals surface area contributed by atoms with Gasteiger partial charge in [0, 0.05) is 36.1 Å². The van der Waals surface area contributed by atoms with Gasteiger partial charge in [0.05, 0.1) is 36.4 Å². The second kappa shape index (κ2) is 15.7. The van der Waals surface area contributed by atoms with E-state index in [1.54, 1.807) is 72.7 Å². The SMILES string of the molecule is COc1ccc([C@H](Cc2c(Cl)cncc2Cl)OC(=O)c2ccc(CN(C(=O)O[C@H]3CN4CCC3CC4)c3cccc(Cl)c3)cc2)cc1OC. The first-order valence-electron chi connectivity index (χ1n) is 16.0. The van der Waals surface area contributed by atoms with Crippen LogP contribution >= 0.6 is 34.8 Å². The monoisotopic (exact) mass is 723 g/mol. The Balaban J connectivity index is 1.21. The van der Waals surface area contributed by atoms with E-state index in [0.29, 0.717) is 54.9 Å². The van der Waals surface area contributed by atoms with Crippen LogP contribution in [0, 0.1) is 5.92 Å². The van der Waals surface area contributed by atoms with Gasteiger partial charge in [-0.2, -0.15) is 0 Å². The number of halogens is 3. The number of rotatable bonds is 11. The summed E-state index contributed by atoms with van der Waals surface area (Å²) >= 11 is 19.2. The average Bonchev–Trinajstić information content (AvgIpc) is 3.12. The molecular formula is C37H36Cl3N3O6. The van der Waals surface area contributed by atoms with Gasteiger partial charge in [-0.15, -0.1) is 0 Å². The molecule has 3 aromatic carbocycles. The predicted octanol–water partition coefficient (Wildman–Crippen LogP) is 8.44. The standard InChI is InChI=1S/C37H36Cl3N3O6/c1-46-32-11-10-26(16-34(32)47-2)33(18-29-30(39)19-41-20-31(29)40)48-36(44)25-8-6-23(7-9-25)21-43(28-5-3-4-27(38)17-28)37(45)49-35-22-42-14-12-24(35)13-15-42/h3-11,16-17,19-20,24,33,35H,12-15,18,21-22H2,1-2H3/t33-,35-/m0/s1. The third kappa shape index (κ3) is 8.24. The Hall–Kier alpha value is -4.02. The third-order valence-electron chi connectivity index (χ3n) is 9.09. The lowest BCUT2D eigenvalue weighted by Crippen LogP contribution is -2.53. The minimum atomic E-state index is -0.774. The van der Waals surface area contributed by atoms with Crippen LogP contribution in [-0.4, -0.2) is 61.9 Å². The number of nitrogens with zero attached hydrogens (tertiary/aromatic N) is 3. The van der Waals surface area contributed by atoms with Gasteiger partial charge in [0.2, 0.25) is 0 Å². The highest BCUT2D eigenvalue weighted by Gasteiger charge is 2.37. The summed E-state index contributed by atoms with van der Waals surface area (Å²) in [7, 11) is 3.08. The number of fused-ring (bicyclic) bond motifs is 3. The number of carbonyl (C=O) groups excluding carboxylic acids is 2. The maximum atomic E-state index is 13.6. The van der Waals surface area contributed by atoms with Crippen LogP contribution in [0.15, 0.2) is 79.1 Å². The van der Waals surface area contributed by atoms with Crippen molar-refractivity contribution in [3.05, 3.63) is 116 Å². The summed E-state index contributed by atoms with van der Waals surface area (Å²) < 4.78 is 23.1. The molecule has 2 atom stereocenters. The number of carbonyl (C=O) groups is 2. The Morgan fingerprint density at radius 1 is 0.918 bits per heavy atom. The second-order valence-electron chi connectivity index (χ2n) is 12.1. The number of aromatic nitrogens is 1. The number of pyridine rings is 1. The molecule has 0 radical (unpaired) electrons. The van der Waals surface area contributed by atoms with Crippen LogP contribution in [0.25, 0.3) is 0 Å². The molecule has 3 aliphatic rings. The van der Waals surface area contributed by atoms with Gasteiger partial charge >= 0.3 is 12.1 Å². The van der Waals surface area contributed by atoms with Gasteiger partial charge in [0.25, 0.3) is 0 Å². The van der Waals surface area contributed by atoms with Gasteiger partial charge < -0.3 is 18.9 Å². The lowest BCUT2D eigenvalue weighted by molar-refractivity contribution is -0.0311. The van der Waals surface area contributed by atoms with E-state index in [-0.39, 0.29) is 19.1 Å². The molecule has 7 rings (SSSR count). The number of ether oxygens (including phenoxy) is 4. The van der Waals surface area contributed by atoms with Crippen LogP contribution in [0.5, 0.6) is 11.5 Å². The minimum Gasteiger partial charge on any atom is -0.493 e. The van der Waals surface area contributed by atoms with E-state index in [4.69, 9.17) is 53.8 Å². The number of piperidine rings is 3. The van der Waals surface area contributed by atoms with Crippen molar-refractivity contribution < 1.29 is 28.5 Å². The first-order valence-corrected chi connectivity index (χ1v) is 17.1. The summed E-state index contributed by atoms with van der Waals surface area (Å²) in [5.41, 5.74) is 2.98. The molecule has 9 nitrogen and oxygen atoms in total. The van der Waals surface area contributed by atoms with Crippen LogP contribution in [0.3, 0.4) is 0 Å². The highest BCUT2D eigenvalue weighted by atomic mass is 35.5. The molecular weight excluding hydrogens is 689 g/mol. The fourth-order valence-corrected chi connectivity index (χ4v) is 7.07. The Morgan fingerprint density at radius 2 is 1.63 bits per heavy atom. The molecule has 1 aromatic heterocycles. The predicted molar refractivity (Wildman–Crippen MR) is 189 cm³/mol. The molecule has 4 heterocycles. The summed E-state index contributed by atoms with van der Waals surface area (Å²) in [6.07, 6.45) is 3.88. The maximum Gasteiger partial charge on any atom is 0.414 e. The Morgan fingerprint density at radius 3 is 2.27 bits per heavy atom. The quantitative estimate of drug-likeness (QED) is 0.143. The third-order valence-corrected chi connectivity index (χ3v) is 9.98. The topological polar surface area (TPSA) is 90.4 Å².